The van der Waals surface area contributed by atoms with Crippen LogP contribution in [0.15, 0.2) is 36.5 Å². The molecule has 1 aromatic carbocycles. The molecule has 1 atom stereocenters. The number of imide groups is 2. The van der Waals surface area contributed by atoms with Gasteiger partial charge in [0.15, 0.2) is 5.92 Å². The molecule has 2 aliphatic heterocycles. The van der Waals surface area contributed by atoms with Gasteiger partial charge in [-0.2, -0.15) is 0 Å². The van der Waals surface area contributed by atoms with E-state index >= 15 is 0 Å². The average Bonchev–Trinajstić information content (AvgIpc) is 2.58. The van der Waals surface area contributed by atoms with Crippen molar-refractivity contribution in [2.45, 2.75) is 0 Å². The summed E-state index contributed by atoms with van der Waals surface area (Å²) in [7, 11) is 2.11. The topological polar surface area (TPSA) is 86.2 Å². The van der Waals surface area contributed by atoms with Gasteiger partial charge in [-0.05, 0) is 24.3 Å². The first kappa shape index (κ1) is 18.4. The molecule has 0 spiro atoms. The van der Waals surface area contributed by atoms with Crippen molar-refractivity contribution < 1.29 is 19.3 Å². The van der Waals surface area contributed by atoms with E-state index in [0.717, 1.165) is 31.1 Å². The number of hydrogen-bond donors (Lipinski definition) is 3. The third-order valence-corrected chi connectivity index (χ3v) is 4.77. The maximum Gasteiger partial charge on any atom is 0.335 e. The van der Waals surface area contributed by atoms with Crippen LogP contribution in [0.3, 0.4) is 0 Å². The van der Waals surface area contributed by atoms with Crippen LogP contribution in [0.4, 0.5) is 10.5 Å². The van der Waals surface area contributed by atoms with E-state index in [-0.39, 0.29) is 5.70 Å². The molecule has 1 aromatic rings. The van der Waals surface area contributed by atoms with Gasteiger partial charge in [0.2, 0.25) is 5.91 Å². The van der Waals surface area contributed by atoms with Crippen molar-refractivity contribution in [2.24, 2.45) is 5.92 Å². The molecular formula is C17H21ClN5O3+. The Morgan fingerprint density at radius 2 is 1.85 bits per heavy atom. The minimum atomic E-state index is -1.18. The molecule has 4 amide bonds. The van der Waals surface area contributed by atoms with E-state index in [9.17, 15) is 14.4 Å². The highest BCUT2D eigenvalue weighted by atomic mass is 35.5. The Balaban J connectivity index is 1.76. The molecule has 138 valence electrons. The van der Waals surface area contributed by atoms with Gasteiger partial charge >= 0.3 is 6.03 Å². The van der Waals surface area contributed by atoms with Gasteiger partial charge in [0.05, 0.1) is 38.9 Å². The number of benzene rings is 1. The Labute approximate surface area is 156 Å². The van der Waals surface area contributed by atoms with Gasteiger partial charge in [0.25, 0.3) is 5.91 Å². The average molecular weight is 379 g/mol. The molecule has 9 heteroatoms. The standard InChI is InChI=1S/C17H20ClN5O3/c1-11(20-22-9-7-21(2)8-10-22)14-15(24)19-17(26)23(16(14)25)13-5-3-12(18)4-6-13/h3-6,14,20H,1,7-10H2,2H3,(H,19,24,26)/p+1/t14-/m0/s1. The number of urea groups is 1. The van der Waals surface area contributed by atoms with Crippen LogP contribution in [0.25, 0.3) is 0 Å². The van der Waals surface area contributed by atoms with Gasteiger partial charge in [-0.1, -0.05) is 18.2 Å². The number of piperazine rings is 1. The number of anilines is 1. The summed E-state index contributed by atoms with van der Waals surface area (Å²) in [5.41, 5.74) is 3.64. The predicted molar refractivity (Wildman–Crippen MR) is 96.4 cm³/mol. The number of halogens is 1. The quantitative estimate of drug-likeness (QED) is 0.608. The summed E-state index contributed by atoms with van der Waals surface area (Å²) in [5, 5.41) is 4.63. The molecule has 0 unspecified atom stereocenters. The zero-order chi connectivity index (χ0) is 18.8. The van der Waals surface area contributed by atoms with Gasteiger partial charge in [-0.15, -0.1) is 0 Å². The summed E-state index contributed by atoms with van der Waals surface area (Å²) in [6.45, 7) is 7.29. The zero-order valence-electron chi connectivity index (χ0n) is 14.4. The molecule has 2 heterocycles. The molecule has 0 aliphatic carbocycles. The van der Waals surface area contributed by atoms with Crippen LogP contribution >= 0.6 is 11.6 Å². The van der Waals surface area contributed by atoms with Crippen LogP contribution in [0.5, 0.6) is 0 Å². The molecule has 0 bridgehead atoms. The lowest BCUT2D eigenvalue weighted by atomic mass is 10.0. The van der Waals surface area contributed by atoms with Crippen molar-refractivity contribution in [3.8, 4) is 0 Å². The Bertz CT molecular complexity index is 743. The summed E-state index contributed by atoms with van der Waals surface area (Å²) < 4.78 is 0. The summed E-state index contributed by atoms with van der Waals surface area (Å²) in [6, 6.07) is 5.46. The number of hydrazine groups is 1. The fraction of sp³-hybridized carbons (Fsp3) is 0.353. The van der Waals surface area contributed by atoms with Crippen LogP contribution in [-0.4, -0.2) is 56.1 Å². The molecule has 0 aromatic heterocycles. The molecule has 26 heavy (non-hydrogen) atoms. The number of nitrogens with one attached hydrogen (secondary N) is 3. The highest BCUT2D eigenvalue weighted by molar-refractivity contribution is 6.31. The van der Waals surface area contributed by atoms with Crippen LogP contribution in [0.1, 0.15) is 0 Å². The van der Waals surface area contributed by atoms with Crippen molar-refractivity contribution in [2.75, 3.05) is 38.1 Å². The predicted octanol–water partition coefficient (Wildman–Crippen LogP) is -0.612. The lowest BCUT2D eigenvalue weighted by Gasteiger charge is -2.35. The molecule has 2 aliphatic rings. The first-order valence-corrected chi connectivity index (χ1v) is 8.70. The van der Waals surface area contributed by atoms with E-state index in [1.54, 1.807) is 24.3 Å². The number of barbiturate groups is 1. The summed E-state index contributed by atoms with van der Waals surface area (Å²) in [5.74, 6) is -2.50. The monoisotopic (exact) mass is 378 g/mol. The van der Waals surface area contributed by atoms with Gasteiger partial charge in [0.1, 0.15) is 0 Å². The van der Waals surface area contributed by atoms with Crippen LogP contribution in [0.2, 0.25) is 5.02 Å². The molecule has 0 radical (unpaired) electrons. The smallest absolute Gasteiger partial charge is 0.335 e. The zero-order valence-corrected chi connectivity index (χ0v) is 15.2. The molecule has 0 saturated carbocycles. The number of carbonyl (C=O) groups is 3. The largest absolute Gasteiger partial charge is 0.335 e. The van der Waals surface area contributed by atoms with Gasteiger partial charge in [-0.25, -0.2) is 14.7 Å². The second-order valence-corrected chi connectivity index (χ2v) is 6.90. The lowest BCUT2D eigenvalue weighted by Crippen LogP contribution is -3.12. The maximum atomic E-state index is 12.9. The number of amides is 4. The molecule has 3 N–H and O–H groups in total. The summed E-state index contributed by atoms with van der Waals surface area (Å²) in [6.07, 6.45) is 0. The van der Waals surface area contributed by atoms with E-state index in [0.29, 0.717) is 10.7 Å². The number of quaternary nitrogens is 1. The van der Waals surface area contributed by atoms with E-state index in [1.807, 2.05) is 5.01 Å². The van der Waals surface area contributed by atoms with Crippen molar-refractivity contribution in [3.63, 3.8) is 0 Å². The lowest BCUT2D eigenvalue weighted by molar-refractivity contribution is -0.884. The molecule has 2 fully saturated rings. The molecule has 8 nitrogen and oxygen atoms in total. The first-order valence-electron chi connectivity index (χ1n) is 8.33. The normalized spacial score (nSPS) is 22.3. The second-order valence-electron chi connectivity index (χ2n) is 6.46. The number of nitrogens with zero attached hydrogens (tertiary/aromatic N) is 2. The van der Waals surface area contributed by atoms with E-state index in [4.69, 9.17) is 11.6 Å². The Morgan fingerprint density at radius 1 is 1.23 bits per heavy atom. The Kier molecular flexibility index (Phi) is 5.26. The SMILES string of the molecule is C=C(NN1CC[NH+](C)CC1)[C@H]1C(=O)NC(=O)N(c2ccc(Cl)cc2)C1=O. The van der Waals surface area contributed by atoms with Crippen molar-refractivity contribution in [1.29, 1.82) is 0 Å². The maximum absolute atomic E-state index is 12.9. The third-order valence-electron chi connectivity index (χ3n) is 4.51. The number of hydrogen-bond acceptors (Lipinski definition) is 5. The Morgan fingerprint density at radius 3 is 2.46 bits per heavy atom. The minimum absolute atomic E-state index is 0.249. The van der Waals surface area contributed by atoms with Gasteiger partial charge in [-0.3, -0.25) is 14.9 Å². The Hall–Kier alpha value is -2.42. The highest BCUT2D eigenvalue weighted by Crippen LogP contribution is 2.24. The third kappa shape index (κ3) is 3.72. The van der Waals surface area contributed by atoms with Crippen molar-refractivity contribution in [3.05, 3.63) is 41.6 Å². The van der Waals surface area contributed by atoms with Crippen LogP contribution in [-0.2, 0) is 9.59 Å². The minimum Gasteiger partial charge on any atom is -0.335 e. The first-order chi connectivity index (χ1) is 12.4. The van der Waals surface area contributed by atoms with Gasteiger partial charge < -0.3 is 10.3 Å². The molecule has 3 rings (SSSR count). The second kappa shape index (κ2) is 7.45. The summed E-state index contributed by atoms with van der Waals surface area (Å²) in [4.78, 5) is 39.6. The number of likely N-dealkylation sites (N-methyl/N-ethyl adjacent to an activating group) is 1. The van der Waals surface area contributed by atoms with E-state index < -0.39 is 23.8 Å². The van der Waals surface area contributed by atoms with Crippen LogP contribution in [0, 0.1) is 5.92 Å². The number of rotatable bonds is 4. The van der Waals surface area contributed by atoms with Crippen molar-refractivity contribution >= 4 is 35.1 Å². The number of carbonyl (C=O) groups excluding carboxylic acids is 3. The van der Waals surface area contributed by atoms with E-state index in [1.165, 1.54) is 4.90 Å². The summed E-state index contributed by atoms with van der Waals surface area (Å²) >= 11 is 5.85. The van der Waals surface area contributed by atoms with Crippen LogP contribution < -0.4 is 20.5 Å². The highest BCUT2D eigenvalue weighted by Gasteiger charge is 2.43. The molecule has 2 saturated heterocycles. The van der Waals surface area contributed by atoms with E-state index in [2.05, 4.69) is 24.4 Å². The van der Waals surface area contributed by atoms with Gasteiger partial charge in [0, 0.05) is 10.7 Å². The fourth-order valence-electron chi connectivity index (χ4n) is 2.98. The molecular weight excluding hydrogens is 358 g/mol. The van der Waals surface area contributed by atoms with Crippen molar-refractivity contribution in [1.82, 2.24) is 15.8 Å². The fourth-order valence-corrected chi connectivity index (χ4v) is 3.11.